The van der Waals surface area contributed by atoms with Gasteiger partial charge in [0.25, 0.3) is 0 Å². The van der Waals surface area contributed by atoms with E-state index < -0.39 is 0 Å². The Balaban J connectivity index is 2.47. The Morgan fingerprint density at radius 1 is 1.46 bits per heavy atom. The van der Waals surface area contributed by atoms with Crippen LogP contribution in [0.3, 0.4) is 0 Å². The van der Waals surface area contributed by atoms with E-state index in [1.54, 1.807) is 0 Å². The molecule has 2 heteroatoms. The second-order valence-electron chi connectivity index (χ2n) is 3.84. The first-order valence-electron chi connectivity index (χ1n) is 4.71. The summed E-state index contributed by atoms with van der Waals surface area (Å²) < 4.78 is 1.29. The van der Waals surface area contributed by atoms with Crippen LogP contribution in [0.2, 0.25) is 0 Å². The molecule has 1 aliphatic rings. The third kappa shape index (κ3) is 1.65. The van der Waals surface area contributed by atoms with Gasteiger partial charge in [-0.3, -0.25) is 0 Å². The van der Waals surface area contributed by atoms with E-state index in [1.165, 1.54) is 21.2 Å². The van der Waals surface area contributed by atoms with Crippen LogP contribution in [0.4, 0.5) is 0 Å². The van der Waals surface area contributed by atoms with Crippen molar-refractivity contribution in [3.05, 3.63) is 33.3 Å². The molecule has 1 atom stereocenters. The molecule has 0 spiro atoms. The van der Waals surface area contributed by atoms with Crippen molar-refractivity contribution in [2.75, 3.05) is 0 Å². The first-order valence-corrected chi connectivity index (χ1v) is 5.50. The maximum Gasteiger partial charge on any atom is 0.0239 e. The zero-order valence-corrected chi connectivity index (χ0v) is 9.39. The molecular formula is C11H14BrN. The quantitative estimate of drug-likeness (QED) is 0.741. The molecule has 1 nitrogen and oxygen atoms in total. The Labute approximate surface area is 87.5 Å². The Bertz CT molecular complexity index is 333. The van der Waals surface area contributed by atoms with E-state index in [4.69, 9.17) is 5.73 Å². The van der Waals surface area contributed by atoms with Crippen LogP contribution in [0.15, 0.2) is 16.6 Å². The zero-order valence-electron chi connectivity index (χ0n) is 7.81. The molecule has 0 bridgehead atoms. The van der Waals surface area contributed by atoms with E-state index in [0.29, 0.717) is 6.04 Å². The van der Waals surface area contributed by atoms with Crippen LogP contribution in [0.25, 0.3) is 0 Å². The van der Waals surface area contributed by atoms with Crippen molar-refractivity contribution >= 4 is 15.9 Å². The number of halogens is 1. The number of nitrogens with two attached hydrogens (primary N) is 1. The van der Waals surface area contributed by atoms with Crippen molar-refractivity contribution in [1.82, 2.24) is 0 Å². The SMILES string of the molecule is Cc1ccc2c(c1Br)CCC(N)C2. The summed E-state index contributed by atoms with van der Waals surface area (Å²) >= 11 is 3.64. The lowest BCUT2D eigenvalue weighted by Gasteiger charge is -2.23. The predicted octanol–water partition coefficient (Wildman–Crippen LogP) is 2.57. The molecule has 2 N–H and O–H groups in total. The van der Waals surface area contributed by atoms with Crippen molar-refractivity contribution in [1.29, 1.82) is 0 Å². The third-order valence-corrected chi connectivity index (χ3v) is 3.88. The summed E-state index contributed by atoms with van der Waals surface area (Å²) in [4.78, 5) is 0. The topological polar surface area (TPSA) is 26.0 Å². The lowest BCUT2D eigenvalue weighted by molar-refractivity contribution is 0.575. The molecule has 0 amide bonds. The largest absolute Gasteiger partial charge is 0.327 e. The zero-order chi connectivity index (χ0) is 9.42. The molecule has 0 aliphatic heterocycles. The summed E-state index contributed by atoms with van der Waals surface area (Å²) in [6, 6.07) is 4.75. The average Bonchev–Trinajstić information content (AvgIpc) is 2.12. The van der Waals surface area contributed by atoms with E-state index in [2.05, 4.69) is 35.0 Å². The summed E-state index contributed by atoms with van der Waals surface area (Å²) in [7, 11) is 0. The van der Waals surface area contributed by atoms with Gasteiger partial charge in [0.15, 0.2) is 0 Å². The molecule has 0 fully saturated rings. The normalized spacial score (nSPS) is 21.3. The fourth-order valence-electron chi connectivity index (χ4n) is 1.95. The number of hydrogen-bond acceptors (Lipinski definition) is 1. The van der Waals surface area contributed by atoms with Gasteiger partial charge in [0, 0.05) is 10.5 Å². The Hall–Kier alpha value is -0.340. The van der Waals surface area contributed by atoms with Crippen molar-refractivity contribution < 1.29 is 0 Å². The van der Waals surface area contributed by atoms with Gasteiger partial charge in [-0.1, -0.05) is 28.1 Å². The van der Waals surface area contributed by atoms with E-state index in [-0.39, 0.29) is 0 Å². The van der Waals surface area contributed by atoms with Gasteiger partial charge >= 0.3 is 0 Å². The van der Waals surface area contributed by atoms with E-state index in [0.717, 1.165) is 19.3 Å². The van der Waals surface area contributed by atoms with Gasteiger partial charge in [-0.25, -0.2) is 0 Å². The summed E-state index contributed by atoms with van der Waals surface area (Å²) in [6.45, 7) is 2.14. The minimum atomic E-state index is 0.363. The first kappa shape index (κ1) is 9.22. The maximum atomic E-state index is 5.92. The van der Waals surface area contributed by atoms with Crippen molar-refractivity contribution in [2.45, 2.75) is 32.2 Å². The van der Waals surface area contributed by atoms with Gasteiger partial charge in [0.1, 0.15) is 0 Å². The maximum absolute atomic E-state index is 5.92. The average molecular weight is 240 g/mol. The van der Waals surface area contributed by atoms with Crippen molar-refractivity contribution in [3.63, 3.8) is 0 Å². The van der Waals surface area contributed by atoms with Gasteiger partial charge in [0.2, 0.25) is 0 Å². The number of aryl methyl sites for hydroxylation is 1. The number of fused-ring (bicyclic) bond motifs is 1. The minimum Gasteiger partial charge on any atom is -0.327 e. The van der Waals surface area contributed by atoms with E-state index >= 15 is 0 Å². The van der Waals surface area contributed by atoms with Crippen molar-refractivity contribution in [3.8, 4) is 0 Å². The van der Waals surface area contributed by atoms with Crippen LogP contribution in [-0.4, -0.2) is 6.04 Å². The fraction of sp³-hybridized carbons (Fsp3) is 0.455. The Kier molecular flexibility index (Phi) is 2.43. The fourth-order valence-corrected chi connectivity index (χ4v) is 2.54. The van der Waals surface area contributed by atoms with Crippen LogP contribution >= 0.6 is 15.9 Å². The number of benzene rings is 1. The highest BCUT2D eigenvalue weighted by molar-refractivity contribution is 9.10. The molecule has 70 valence electrons. The molecule has 0 saturated heterocycles. The molecule has 1 aromatic rings. The molecule has 2 rings (SSSR count). The lowest BCUT2D eigenvalue weighted by Crippen LogP contribution is -2.28. The molecule has 1 unspecified atom stereocenters. The predicted molar refractivity (Wildman–Crippen MR) is 58.9 cm³/mol. The van der Waals surface area contributed by atoms with Crippen LogP contribution in [0, 0.1) is 6.92 Å². The molecule has 0 radical (unpaired) electrons. The van der Waals surface area contributed by atoms with Crippen molar-refractivity contribution in [2.24, 2.45) is 5.73 Å². The monoisotopic (exact) mass is 239 g/mol. The van der Waals surface area contributed by atoms with Gasteiger partial charge in [0.05, 0.1) is 0 Å². The lowest BCUT2D eigenvalue weighted by atomic mass is 9.88. The first-order chi connectivity index (χ1) is 6.18. The summed E-state index contributed by atoms with van der Waals surface area (Å²) in [5.41, 5.74) is 10.2. The molecule has 1 aromatic carbocycles. The highest BCUT2D eigenvalue weighted by atomic mass is 79.9. The van der Waals surface area contributed by atoms with E-state index in [9.17, 15) is 0 Å². The van der Waals surface area contributed by atoms with Gasteiger partial charge in [-0.05, 0) is 42.9 Å². The molecule has 1 aliphatic carbocycles. The summed E-state index contributed by atoms with van der Waals surface area (Å²) in [6.07, 6.45) is 3.28. The van der Waals surface area contributed by atoms with Gasteiger partial charge in [-0.2, -0.15) is 0 Å². The number of hydrogen-bond donors (Lipinski definition) is 1. The second kappa shape index (κ2) is 3.43. The summed E-state index contributed by atoms with van der Waals surface area (Å²) in [5.74, 6) is 0. The standard InChI is InChI=1S/C11H14BrN/c1-7-2-3-8-6-9(13)4-5-10(8)11(7)12/h2-3,9H,4-6,13H2,1H3. The molecule has 0 heterocycles. The smallest absolute Gasteiger partial charge is 0.0239 e. The second-order valence-corrected chi connectivity index (χ2v) is 4.63. The van der Waals surface area contributed by atoms with Crippen LogP contribution in [0.1, 0.15) is 23.1 Å². The van der Waals surface area contributed by atoms with Gasteiger partial charge in [-0.15, -0.1) is 0 Å². The summed E-state index contributed by atoms with van der Waals surface area (Å²) in [5, 5.41) is 0. The third-order valence-electron chi connectivity index (χ3n) is 2.78. The minimum absolute atomic E-state index is 0.363. The van der Waals surface area contributed by atoms with Crippen LogP contribution < -0.4 is 5.73 Å². The van der Waals surface area contributed by atoms with Gasteiger partial charge < -0.3 is 5.73 Å². The van der Waals surface area contributed by atoms with Crippen LogP contribution in [-0.2, 0) is 12.8 Å². The number of rotatable bonds is 0. The highest BCUT2D eigenvalue weighted by Crippen LogP contribution is 2.30. The Morgan fingerprint density at radius 2 is 2.23 bits per heavy atom. The highest BCUT2D eigenvalue weighted by Gasteiger charge is 2.17. The molecule has 0 aromatic heterocycles. The molecule has 13 heavy (non-hydrogen) atoms. The van der Waals surface area contributed by atoms with Crippen LogP contribution in [0.5, 0.6) is 0 Å². The molecule has 0 saturated carbocycles. The Morgan fingerprint density at radius 3 is 3.00 bits per heavy atom. The van der Waals surface area contributed by atoms with E-state index in [1.807, 2.05) is 0 Å². The molecular weight excluding hydrogens is 226 g/mol.